The van der Waals surface area contributed by atoms with E-state index in [0.29, 0.717) is 51.7 Å². The van der Waals surface area contributed by atoms with Gasteiger partial charge in [-0.3, -0.25) is 18.6 Å². The summed E-state index contributed by atoms with van der Waals surface area (Å²) in [5, 5.41) is 0. The molecule has 0 aliphatic carbocycles. The maximum atomic E-state index is 11.9. The van der Waals surface area contributed by atoms with Crippen molar-refractivity contribution in [3.63, 3.8) is 0 Å². The molecule has 0 aromatic heterocycles. The summed E-state index contributed by atoms with van der Waals surface area (Å²) in [6.07, 6.45) is 3.72. The molecule has 12 heteroatoms. The van der Waals surface area contributed by atoms with Gasteiger partial charge in [0.05, 0.1) is 26.4 Å². The molecule has 0 fully saturated rings. The number of carbonyl (C=O) groups excluding carboxylic acids is 3. The second-order valence-corrected chi connectivity index (χ2v) is 9.58. The molecular formula is C24H41O11P. The lowest BCUT2D eigenvalue weighted by molar-refractivity contribution is -0.150. The number of hydrogen-bond acceptors (Lipinski definition) is 10. The number of rotatable bonds is 23. The number of hydrogen-bond donors (Lipinski definition) is 1. The predicted molar refractivity (Wildman–Crippen MR) is 132 cm³/mol. The fraction of sp³-hybridized carbons (Fsp3) is 0.708. The summed E-state index contributed by atoms with van der Waals surface area (Å²) in [5.74, 6) is -1.27. The van der Waals surface area contributed by atoms with Gasteiger partial charge in [-0.25, -0.2) is 9.36 Å². The Labute approximate surface area is 213 Å². The van der Waals surface area contributed by atoms with Gasteiger partial charge in [-0.1, -0.05) is 31.6 Å². The van der Waals surface area contributed by atoms with Crippen molar-refractivity contribution < 1.29 is 51.8 Å². The quantitative estimate of drug-likeness (QED) is 0.0504. The first-order valence-electron chi connectivity index (χ1n) is 12.0. The van der Waals surface area contributed by atoms with Crippen LogP contribution in [0.15, 0.2) is 24.3 Å². The van der Waals surface area contributed by atoms with Crippen molar-refractivity contribution in [2.75, 3.05) is 46.2 Å². The third-order valence-electron chi connectivity index (χ3n) is 4.33. The number of esters is 3. The van der Waals surface area contributed by atoms with Gasteiger partial charge < -0.3 is 23.8 Å². The van der Waals surface area contributed by atoms with Crippen LogP contribution in [0.3, 0.4) is 0 Å². The molecule has 208 valence electrons. The molecule has 0 aromatic carbocycles. The summed E-state index contributed by atoms with van der Waals surface area (Å²) in [6.45, 7) is 11.5. The zero-order chi connectivity index (χ0) is 27.2. The summed E-state index contributed by atoms with van der Waals surface area (Å²) >= 11 is 0. The molecule has 0 spiro atoms. The minimum atomic E-state index is -4.14. The second-order valence-electron chi connectivity index (χ2n) is 8.12. The van der Waals surface area contributed by atoms with Crippen LogP contribution in [0.5, 0.6) is 0 Å². The van der Waals surface area contributed by atoms with E-state index in [0.717, 1.165) is 5.57 Å². The molecule has 0 amide bonds. The fourth-order valence-electron chi connectivity index (χ4n) is 2.51. The Kier molecular flexibility index (Phi) is 19.9. The predicted octanol–water partition coefficient (Wildman–Crippen LogP) is 4.04. The minimum Gasteiger partial charge on any atom is -0.463 e. The molecule has 0 aliphatic heterocycles. The van der Waals surface area contributed by atoms with Crippen LogP contribution >= 0.6 is 7.82 Å². The Morgan fingerprint density at radius 1 is 0.694 bits per heavy atom. The fourth-order valence-corrected chi connectivity index (χ4v) is 3.31. The Morgan fingerprint density at radius 2 is 1.17 bits per heavy atom. The molecular weight excluding hydrogens is 495 g/mol. The lowest BCUT2D eigenvalue weighted by Crippen LogP contribution is -2.14. The van der Waals surface area contributed by atoms with Gasteiger partial charge in [0.1, 0.15) is 19.8 Å². The largest absolute Gasteiger partial charge is 0.472 e. The van der Waals surface area contributed by atoms with E-state index in [1.165, 1.54) is 6.92 Å². The molecule has 0 heterocycles. The van der Waals surface area contributed by atoms with Gasteiger partial charge in [-0.2, -0.15) is 0 Å². The van der Waals surface area contributed by atoms with Crippen molar-refractivity contribution in [1.29, 1.82) is 0 Å². The van der Waals surface area contributed by atoms with Crippen LogP contribution in [0.25, 0.3) is 0 Å². The van der Waals surface area contributed by atoms with Gasteiger partial charge in [0.2, 0.25) is 0 Å². The molecule has 0 aliphatic rings. The summed E-state index contributed by atoms with van der Waals surface area (Å²) in [6, 6.07) is 0. The smallest absolute Gasteiger partial charge is 0.463 e. The van der Waals surface area contributed by atoms with Crippen LogP contribution in [0.2, 0.25) is 0 Å². The molecule has 0 saturated carbocycles. The van der Waals surface area contributed by atoms with Crippen LogP contribution in [0.1, 0.15) is 65.2 Å². The SMILES string of the molecule is C=C(C)COCCOC(=O)CCCCCOP(=O)(O)OCCCCCC(=O)OCCOC(=O)C(=C)C. The number of phosphoric acid groups is 1. The molecule has 0 radical (unpaired) electrons. The van der Waals surface area contributed by atoms with Crippen LogP contribution in [-0.4, -0.2) is 69.0 Å². The average molecular weight is 537 g/mol. The molecule has 0 aromatic rings. The van der Waals surface area contributed by atoms with Gasteiger partial charge in [-0.15, -0.1) is 0 Å². The molecule has 11 nitrogen and oxygen atoms in total. The van der Waals surface area contributed by atoms with Crippen LogP contribution in [0, 0.1) is 0 Å². The van der Waals surface area contributed by atoms with Crippen LogP contribution in [0.4, 0.5) is 0 Å². The molecule has 0 bridgehead atoms. The summed E-state index contributed by atoms with van der Waals surface area (Å²) in [5.41, 5.74) is 1.17. The zero-order valence-corrected chi connectivity index (χ0v) is 22.4. The van der Waals surface area contributed by atoms with Crippen molar-refractivity contribution in [1.82, 2.24) is 0 Å². The van der Waals surface area contributed by atoms with Gasteiger partial charge >= 0.3 is 25.7 Å². The van der Waals surface area contributed by atoms with E-state index in [4.69, 9.17) is 28.0 Å². The molecule has 1 atom stereocenters. The topological polar surface area (TPSA) is 144 Å². The first-order valence-corrected chi connectivity index (χ1v) is 13.5. The highest BCUT2D eigenvalue weighted by molar-refractivity contribution is 7.47. The molecule has 36 heavy (non-hydrogen) atoms. The average Bonchev–Trinajstić information content (AvgIpc) is 2.80. The Balaban J connectivity index is 3.60. The standard InChI is InChI=1S/C24H41O11P/c1-20(2)19-30-15-16-31-22(25)11-7-5-9-13-34-36(28,29)35-14-10-6-8-12-23(26)32-17-18-33-24(27)21(3)4/h1,3,5-19H2,2,4H3,(H,28,29). The third-order valence-corrected chi connectivity index (χ3v) is 5.34. The van der Waals surface area contributed by atoms with E-state index >= 15 is 0 Å². The van der Waals surface area contributed by atoms with Crippen molar-refractivity contribution >= 4 is 25.7 Å². The molecule has 0 rings (SSSR count). The Bertz CT molecular complexity index is 736. The van der Waals surface area contributed by atoms with Crippen molar-refractivity contribution in [3.05, 3.63) is 24.3 Å². The van der Waals surface area contributed by atoms with Crippen molar-refractivity contribution in [2.24, 2.45) is 0 Å². The highest BCUT2D eigenvalue weighted by Crippen LogP contribution is 2.43. The van der Waals surface area contributed by atoms with Gasteiger partial charge in [0.15, 0.2) is 0 Å². The highest BCUT2D eigenvalue weighted by atomic mass is 31.2. The van der Waals surface area contributed by atoms with Gasteiger partial charge in [0.25, 0.3) is 0 Å². The maximum Gasteiger partial charge on any atom is 0.472 e. The van der Waals surface area contributed by atoms with E-state index in [1.807, 2.05) is 6.92 Å². The summed E-state index contributed by atoms with van der Waals surface area (Å²) < 4.78 is 41.7. The Morgan fingerprint density at radius 3 is 1.64 bits per heavy atom. The lowest BCUT2D eigenvalue weighted by Gasteiger charge is -2.12. The second kappa shape index (κ2) is 21.1. The third kappa shape index (κ3) is 22.4. The zero-order valence-electron chi connectivity index (χ0n) is 21.5. The monoisotopic (exact) mass is 536 g/mol. The van der Waals surface area contributed by atoms with Gasteiger partial charge in [0, 0.05) is 18.4 Å². The number of phosphoric ester groups is 1. The summed E-state index contributed by atoms with van der Waals surface area (Å²) in [4.78, 5) is 44.0. The summed E-state index contributed by atoms with van der Waals surface area (Å²) in [7, 11) is -4.14. The maximum absolute atomic E-state index is 11.9. The van der Waals surface area contributed by atoms with E-state index in [-0.39, 0.29) is 57.4 Å². The lowest BCUT2D eigenvalue weighted by atomic mass is 10.2. The van der Waals surface area contributed by atoms with Gasteiger partial charge in [-0.05, 0) is 39.5 Å². The van der Waals surface area contributed by atoms with Crippen LogP contribution < -0.4 is 0 Å². The molecule has 1 unspecified atom stereocenters. The molecule has 1 N–H and O–H groups in total. The molecule has 0 saturated heterocycles. The normalized spacial score (nSPS) is 12.4. The number of carbonyl (C=O) groups is 3. The van der Waals surface area contributed by atoms with E-state index in [2.05, 4.69) is 13.2 Å². The Hall–Kier alpha value is -2.04. The van der Waals surface area contributed by atoms with Crippen molar-refractivity contribution in [2.45, 2.75) is 65.2 Å². The number of ether oxygens (including phenoxy) is 4. The van der Waals surface area contributed by atoms with Crippen LogP contribution in [-0.2, 0) is 46.9 Å². The van der Waals surface area contributed by atoms with E-state index in [9.17, 15) is 23.8 Å². The van der Waals surface area contributed by atoms with E-state index < -0.39 is 19.8 Å². The first kappa shape index (κ1) is 34.0. The number of unbranched alkanes of at least 4 members (excludes halogenated alkanes) is 4. The highest BCUT2D eigenvalue weighted by Gasteiger charge is 2.20. The minimum absolute atomic E-state index is 0.0155. The first-order chi connectivity index (χ1) is 17.0. The van der Waals surface area contributed by atoms with E-state index in [1.54, 1.807) is 0 Å². The van der Waals surface area contributed by atoms with Crippen molar-refractivity contribution in [3.8, 4) is 0 Å².